The van der Waals surface area contributed by atoms with E-state index >= 15 is 0 Å². The third-order valence-electron chi connectivity index (χ3n) is 4.32. The zero-order valence-corrected chi connectivity index (χ0v) is 11.4. The third-order valence-corrected chi connectivity index (χ3v) is 4.32. The van der Waals surface area contributed by atoms with E-state index in [0.29, 0.717) is 0 Å². The minimum atomic E-state index is -0.398. The number of allylic oxidation sites excluding steroid dienone is 4. The van der Waals surface area contributed by atoms with Crippen molar-refractivity contribution in [3.63, 3.8) is 0 Å². The molecule has 1 spiro atoms. The lowest BCUT2D eigenvalue weighted by Gasteiger charge is -2.29. The van der Waals surface area contributed by atoms with Crippen LogP contribution in [0.1, 0.15) is 17.0 Å². The highest BCUT2D eigenvalue weighted by atomic mass is 16.1. The van der Waals surface area contributed by atoms with Crippen LogP contribution in [0.25, 0.3) is 11.4 Å². The number of aryl methyl sites for hydroxylation is 1. The van der Waals surface area contributed by atoms with Crippen molar-refractivity contribution in [3.8, 4) is 11.4 Å². The first-order chi connectivity index (χ1) is 9.63. The van der Waals surface area contributed by atoms with Crippen LogP contribution in [-0.4, -0.2) is 15.3 Å². The highest BCUT2D eigenvalue weighted by Crippen LogP contribution is 2.47. The van der Waals surface area contributed by atoms with Gasteiger partial charge in [-0.15, -0.1) is 0 Å². The first-order valence-electron chi connectivity index (χ1n) is 6.72. The summed E-state index contributed by atoms with van der Waals surface area (Å²) in [4.78, 5) is 16.2. The van der Waals surface area contributed by atoms with Gasteiger partial charge >= 0.3 is 0 Å². The van der Waals surface area contributed by atoms with Crippen molar-refractivity contribution in [2.75, 3.05) is 0 Å². The van der Waals surface area contributed by atoms with Crippen LogP contribution in [0.4, 0.5) is 0 Å². The first kappa shape index (κ1) is 11.4. The molecule has 0 bridgehead atoms. The molecule has 0 saturated heterocycles. The van der Waals surface area contributed by atoms with Crippen molar-refractivity contribution in [2.45, 2.75) is 19.4 Å². The normalized spacial score (nSPS) is 17.6. The minimum Gasteiger partial charge on any atom is -0.311 e. The van der Waals surface area contributed by atoms with Gasteiger partial charge in [0.1, 0.15) is 11.4 Å². The number of ketones is 1. The average molecular weight is 262 g/mol. The summed E-state index contributed by atoms with van der Waals surface area (Å²) in [5.74, 6) is 1.02. The quantitative estimate of drug-likeness (QED) is 0.731. The third kappa shape index (κ3) is 1.20. The number of rotatable bonds is 0. The number of hydrogen-bond donors (Lipinski definition) is 0. The van der Waals surface area contributed by atoms with Gasteiger partial charge in [-0.2, -0.15) is 0 Å². The Labute approximate surface area is 117 Å². The van der Waals surface area contributed by atoms with Crippen molar-refractivity contribution >= 4 is 5.78 Å². The summed E-state index contributed by atoms with van der Waals surface area (Å²) in [5, 5.41) is 0. The Bertz CT molecular complexity index is 792. The van der Waals surface area contributed by atoms with Crippen LogP contribution in [0, 0.1) is 13.8 Å². The molecule has 1 aromatic heterocycles. The molecule has 2 aromatic rings. The molecule has 0 saturated carbocycles. The Morgan fingerprint density at radius 1 is 1.10 bits per heavy atom. The predicted molar refractivity (Wildman–Crippen MR) is 77.5 cm³/mol. The van der Waals surface area contributed by atoms with Gasteiger partial charge in [0, 0.05) is 11.3 Å². The molecule has 1 aliphatic carbocycles. The van der Waals surface area contributed by atoms with Crippen LogP contribution in [0.2, 0.25) is 0 Å². The molecule has 2 aliphatic rings. The minimum absolute atomic E-state index is 0.0380. The van der Waals surface area contributed by atoms with Gasteiger partial charge in [-0.1, -0.05) is 24.3 Å². The molecule has 0 N–H and O–H groups in total. The second-order valence-corrected chi connectivity index (χ2v) is 5.38. The molecule has 1 aliphatic heterocycles. The monoisotopic (exact) mass is 262 g/mol. The fraction of sp³-hybridized carbons (Fsp3) is 0.176. The molecule has 4 rings (SSSR count). The van der Waals surface area contributed by atoms with Crippen LogP contribution in [0.5, 0.6) is 0 Å². The lowest BCUT2D eigenvalue weighted by Crippen LogP contribution is -2.30. The van der Waals surface area contributed by atoms with Gasteiger partial charge in [-0.05, 0) is 43.7 Å². The molecule has 0 fully saturated rings. The van der Waals surface area contributed by atoms with E-state index in [4.69, 9.17) is 4.98 Å². The molecule has 2 heterocycles. The molecule has 20 heavy (non-hydrogen) atoms. The van der Waals surface area contributed by atoms with E-state index in [0.717, 1.165) is 22.8 Å². The van der Waals surface area contributed by atoms with Gasteiger partial charge in [-0.3, -0.25) is 4.79 Å². The van der Waals surface area contributed by atoms with E-state index in [-0.39, 0.29) is 5.78 Å². The van der Waals surface area contributed by atoms with E-state index in [1.165, 1.54) is 5.56 Å². The van der Waals surface area contributed by atoms with Gasteiger partial charge in [0.25, 0.3) is 0 Å². The van der Waals surface area contributed by atoms with E-state index < -0.39 is 5.54 Å². The summed E-state index contributed by atoms with van der Waals surface area (Å²) in [6.45, 7) is 4.11. The smallest absolute Gasteiger partial charge is 0.178 e. The molecule has 98 valence electrons. The van der Waals surface area contributed by atoms with Crippen LogP contribution in [-0.2, 0) is 10.3 Å². The molecular weight excluding hydrogens is 248 g/mol. The summed E-state index contributed by atoms with van der Waals surface area (Å²) in [6, 6.07) is 8.28. The lowest BCUT2D eigenvalue weighted by molar-refractivity contribution is -0.110. The number of carbonyl (C=O) groups is 1. The van der Waals surface area contributed by atoms with Crippen LogP contribution in [0.15, 0.2) is 48.6 Å². The molecule has 0 radical (unpaired) electrons. The van der Waals surface area contributed by atoms with Crippen molar-refractivity contribution < 1.29 is 4.79 Å². The van der Waals surface area contributed by atoms with Crippen molar-refractivity contribution in [2.24, 2.45) is 0 Å². The average Bonchev–Trinajstić information content (AvgIpc) is 2.90. The summed E-state index contributed by atoms with van der Waals surface area (Å²) < 4.78 is 2.23. The Hall–Kier alpha value is -2.42. The number of hydrogen-bond acceptors (Lipinski definition) is 2. The SMILES string of the molecule is Cc1nc2n(c1C)C1(C=CC(=O)C=C1)c1ccccc1-2. The maximum Gasteiger partial charge on any atom is 0.178 e. The molecule has 1 aromatic carbocycles. The molecule has 3 heteroatoms. The molecule has 0 atom stereocenters. The number of aromatic nitrogens is 2. The maximum atomic E-state index is 11.5. The maximum absolute atomic E-state index is 11.5. The number of nitrogens with zero attached hydrogens (tertiary/aromatic N) is 2. The Morgan fingerprint density at radius 2 is 1.80 bits per heavy atom. The Balaban J connectivity index is 2.13. The number of benzene rings is 1. The van der Waals surface area contributed by atoms with E-state index in [1.54, 1.807) is 12.2 Å². The zero-order valence-electron chi connectivity index (χ0n) is 11.4. The van der Waals surface area contributed by atoms with Gasteiger partial charge in [0.15, 0.2) is 5.78 Å². The summed E-state index contributed by atoms with van der Waals surface area (Å²) in [5.41, 5.74) is 4.11. The number of imidazole rings is 1. The second kappa shape index (κ2) is 3.57. The van der Waals surface area contributed by atoms with Gasteiger partial charge in [0.05, 0.1) is 5.69 Å². The Morgan fingerprint density at radius 3 is 2.55 bits per heavy atom. The van der Waals surface area contributed by atoms with Crippen LogP contribution >= 0.6 is 0 Å². The second-order valence-electron chi connectivity index (χ2n) is 5.38. The largest absolute Gasteiger partial charge is 0.311 e. The summed E-state index contributed by atoms with van der Waals surface area (Å²) in [6.07, 6.45) is 7.28. The zero-order chi connectivity index (χ0) is 13.9. The molecular formula is C17H14N2O. The van der Waals surface area contributed by atoms with E-state index in [2.05, 4.69) is 23.6 Å². The fourth-order valence-corrected chi connectivity index (χ4v) is 3.25. The summed E-state index contributed by atoms with van der Waals surface area (Å²) >= 11 is 0. The predicted octanol–water partition coefficient (Wildman–Crippen LogP) is 2.92. The van der Waals surface area contributed by atoms with Gasteiger partial charge < -0.3 is 4.57 Å². The van der Waals surface area contributed by atoms with Crippen LogP contribution < -0.4 is 0 Å². The number of fused-ring (bicyclic) bond motifs is 5. The Kier molecular flexibility index (Phi) is 2.04. The fourth-order valence-electron chi connectivity index (χ4n) is 3.25. The van der Waals surface area contributed by atoms with Crippen molar-refractivity contribution in [1.82, 2.24) is 9.55 Å². The first-order valence-corrected chi connectivity index (χ1v) is 6.72. The van der Waals surface area contributed by atoms with E-state index in [1.807, 2.05) is 31.2 Å². The van der Waals surface area contributed by atoms with Crippen molar-refractivity contribution in [3.05, 3.63) is 65.5 Å². The molecule has 0 amide bonds. The highest BCUT2D eigenvalue weighted by molar-refractivity contribution is 6.01. The van der Waals surface area contributed by atoms with Gasteiger partial charge in [0.2, 0.25) is 0 Å². The standard InChI is InChI=1S/C17H14N2O/c1-11-12(2)19-16(18-11)14-5-3-4-6-15(14)17(19)9-7-13(20)8-10-17/h3-10H,1-2H3. The van der Waals surface area contributed by atoms with Gasteiger partial charge in [-0.25, -0.2) is 4.98 Å². The molecule has 0 unspecified atom stereocenters. The van der Waals surface area contributed by atoms with E-state index in [9.17, 15) is 4.79 Å². The lowest BCUT2D eigenvalue weighted by atomic mass is 9.85. The summed E-state index contributed by atoms with van der Waals surface area (Å²) in [7, 11) is 0. The molecule has 3 nitrogen and oxygen atoms in total. The highest BCUT2D eigenvalue weighted by Gasteiger charge is 2.42. The van der Waals surface area contributed by atoms with Crippen molar-refractivity contribution in [1.29, 1.82) is 0 Å². The topological polar surface area (TPSA) is 34.9 Å². The van der Waals surface area contributed by atoms with Crippen LogP contribution in [0.3, 0.4) is 0 Å². The number of carbonyl (C=O) groups excluding carboxylic acids is 1.